The Bertz CT molecular complexity index is 738. The van der Waals surface area contributed by atoms with Gasteiger partial charge in [-0.25, -0.2) is 0 Å². The van der Waals surface area contributed by atoms with Crippen LogP contribution in [0.15, 0.2) is 91.0 Å². The summed E-state index contributed by atoms with van der Waals surface area (Å²) < 4.78 is 0. The first-order chi connectivity index (χ1) is 13.8. The number of nitrogens with one attached hydrogen (secondary N) is 2. The summed E-state index contributed by atoms with van der Waals surface area (Å²) in [5.74, 6) is 0.364. The summed E-state index contributed by atoms with van der Waals surface area (Å²) in [5, 5.41) is 16.9. The van der Waals surface area contributed by atoms with Crippen molar-refractivity contribution in [2.75, 3.05) is 19.6 Å². The first kappa shape index (κ1) is 20.3. The predicted octanol–water partition coefficient (Wildman–Crippen LogP) is 3.95. The summed E-state index contributed by atoms with van der Waals surface area (Å²) in [5.41, 5.74) is 3.90. The van der Waals surface area contributed by atoms with Gasteiger partial charge in [0.25, 0.3) is 0 Å². The number of aliphatic hydroxyl groups is 1. The molecule has 0 aliphatic heterocycles. The molecule has 1 atom stereocenters. The van der Waals surface area contributed by atoms with E-state index in [0.29, 0.717) is 19.0 Å². The Balaban J connectivity index is 1.42. The molecule has 0 spiro atoms. The van der Waals surface area contributed by atoms with Gasteiger partial charge in [-0.2, -0.15) is 0 Å². The first-order valence-electron chi connectivity index (χ1n) is 10.1. The highest BCUT2D eigenvalue weighted by atomic mass is 16.3. The lowest BCUT2D eigenvalue weighted by Gasteiger charge is -2.19. The van der Waals surface area contributed by atoms with E-state index >= 15 is 0 Å². The summed E-state index contributed by atoms with van der Waals surface area (Å²) in [6, 6.07) is 31.5. The zero-order valence-electron chi connectivity index (χ0n) is 16.3. The number of benzene rings is 3. The Hall–Kier alpha value is -2.46. The van der Waals surface area contributed by atoms with Crippen molar-refractivity contribution in [3.05, 3.63) is 108 Å². The van der Waals surface area contributed by atoms with Crippen LogP contribution in [0.5, 0.6) is 0 Å². The number of hydrogen-bond acceptors (Lipinski definition) is 3. The van der Waals surface area contributed by atoms with Crippen LogP contribution >= 0.6 is 0 Å². The molecule has 0 aromatic heterocycles. The molecule has 3 rings (SSSR count). The van der Waals surface area contributed by atoms with Gasteiger partial charge in [0, 0.05) is 25.6 Å². The normalized spacial score (nSPS) is 12.2. The van der Waals surface area contributed by atoms with Crippen molar-refractivity contribution in [2.45, 2.75) is 25.0 Å². The lowest BCUT2D eigenvalue weighted by molar-refractivity contribution is 0.168. The van der Waals surface area contributed by atoms with E-state index in [1.165, 1.54) is 16.7 Å². The Kier molecular flexibility index (Phi) is 8.26. The second-order valence-corrected chi connectivity index (χ2v) is 7.14. The summed E-state index contributed by atoms with van der Waals surface area (Å²) in [4.78, 5) is 0. The highest BCUT2D eigenvalue weighted by molar-refractivity contribution is 5.32. The minimum Gasteiger partial charge on any atom is -0.390 e. The van der Waals surface area contributed by atoms with Crippen LogP contribution < -0.4 is 10.6 Å². The van der Waals surface area contributed by atoms with Gasteiger partial charge in [-0.1, -0.05) is 91.0 Å². The standard InChI is InChI=1S/C25H30N2O/c28-24(20-27-18-21-10-4-1-5-11-21)19-26-17-16-25(22-12-6-2-7-13-22)23-14-8-3-9-15-23/h1-15,24-28H,16-20H2. The molecule has 146 valence electrons. The summed E-state index contributed by atoms with van der Waals surface area (Å²) in [6.45, 7) is 2.83. The van der Waals surface area contributed by atoms with Crippen LogP contribution in [0.2, 0.25) is 0 Å². The SMILES string of the molecule is OC(CNCCC(c1ccccc1)c1ccccc1)CNCc1ccccc1. The van der Waals surface area contributed by atoms with Crippen molar-refractivity contribution in [1.82, 2.24) is 10.6 Å². The summed E-state index contributed by atoms with van der Waals surface area (Å²) in [7, 11) is 0. The third kappa shape index (κ3) is 6.61. The third-order valence-corrected chi connectivity index (χ3v) is 4.95. The molecule has 3 heteroatoms. The predicted molar refractivity (Wildman–Crippen MR) is 116 cm³/mol. The molecule has 0 fully saturated rings. The molecule has 0 aliphatic carbocycles. The van der Waals surface area contributed by atoms with E-state index in [1.54, 1.807) is 0 Å². The first-order valence-corrected chi connectivity index (χ1v) is 10.1. The molecule has 1 unspecified atom stereocenters. The number of aliphatic hydroxyl groups excluding tert-OH is 1. The molecule has 3 N–H and O–H groups in total. The second-order valence-electron chi connectivity index (χ2n) is 7.14. The van der Waals surface area contributed by atoms with Gasteiger partial charge in [0.05, 0.1) is 6.10 Å². The molecule has 3 aromatic rings. The third-order valence-electron chi connectivity index (χ3n) is 4.95. The smallest absolute Gasteiger partial charge is 0.0788 e. The van der Waals surface area contributed by atoms with Gasteiger partial charge >= 0.3 is 0 Å². The Morgan fingerprint density at radius 1 is 0.643 bits per heavy atom. The zero-order valence-corrected chi connectivity index (χ0v) is 16.3. The van der Waals surface area contributed by atoms with Crippen LogP contribution in [0.4, 0.5) is 0 Å². The summed E-state index contributed by atoms with van der Waals surface area (Å²) >= 11 is 0. The van der Waals surface area contributed by atoms with Crippen LogP contribution in [0.25, 0.3) is 0 Å². The fourth-order valence-electron chi connectivity index (χ4n) is 3.46. The minimum absolute atomic E-state index is 0.364. The van der Waals surface area contributed by atoms with Crippen molar-refractivity contribution in [3.8, 4) is 0 Å². The fourth-order valence-corrected chi connectivity index (χ4v) is 3.46. The molecule has 0 bridgehead atoms. The van der Waals surface area contributed by atoms with Crippen LogP contribution in [0, 0.1) is 0 Å². The maximum Gasteiger partial charge on any atom is 0.0788 e. The van der Waals surface area contributed by atoms with Gasteiger partial charge in [-0.15, -0.1) is 0 Å². The van der Waals surface area contributed by atoms with E-state index in [-0.39, 0.29) is 0 Å². The highest BCUT2D eigenvalue weighted by Crippen LogP contribution is 2.27. The second kappa shape index (κ2) is 11.4. The molecule has 0 saturated carbocycles. The maximum absolute atomic E-state index is 10.2. The lowest BCUT2D eigenvalue weighted by atomic mass is 9.88. The average Bonchev–Trinajstić information content (AvgIpc) is 2.76. The molecule has 0 aliphatic rings. The van der Waals surface area contributed by atoms with E-state index < -0.39 is 6.10 Å². The lowest BCUT2D eigenvalue weighted by Crippen LogP contribution is -2.36. The van der Waals surface area contributed by atoms with Crippen molar-refractivity contribution in [3.63, 3.8) is 0 Å². The zero-order chi connectivity index (χ0) is 19.4. The Morgan fingerprint density at radius 2 is 1.14 bits per heavy atom. The largest absolute Gasteiger partial charge is 0.390 e. The highest BCUT2D eigenvalue weighted by Gasteiger charge is 2.13. The Labute approximate surface area is 168 Å². The van der Waals surface area contributed by atoms with Gasteiger partial charge in [0.1, 0.15) is 0 Å². The van der Waals surface area contributed by atoms with Gasteiger partial charge in [-0.05, 0) is 29.7 Å². The van der Waals surface area contributed by atoms with Crippen molar-refractivity contribution in [1.29, 1.82) is 0 Å². The van der Waals surface area contributed by atoms with Crippen molar-refractivity contribution >= 4 is 0 Å². The Morgan fingerprint density at radius 3 is 1.71 bits per heavy atom. The van der Waals surface area contributed by atoms with E-state index in [2.05, 4.69) is 83.4 Å². The number of rotatable bonds is 11. The van der Waals surface area contributed by atoms with Crippen molar-refractivity contribution in [2.24, 2.45) is 0 Å². The molecule has 28 heavy (non-hydrogen) atoms. The van der Waals surface area contributed by atoms with E-state index in [9.17, 15) is 5.11 Å². The van der Waals surface area contributed by atoms with Crippen molar-refractivity contribution < 1.29 is 5.11 Å². The van der Waals surface area contributed by atoms with E-state index in [0.717, 1.165) is 19.5 Å². The molecule has 3 aromatic carbocycles. The molecular formula is C25H30N2O. The maximum atomic E-state index is 10.2. The average molecular weight is 375 g/mol. The molecule has 0 heterocycles. The molecule has 0 saturated heterocycles. The molecular weight excluding hydrogens is 344 g/mol. The fraction of sp³-hybridized carbons (Fsp3) is 0.280. The molecule has 0 radical (unpaired) electrons. The number of hydrogen-bond donors (Lipinski definition) is 3. The van der Waals surface area contributed by atoms with Crippen LogP contribution in [-0.2, 0) is 6.54 Å². The van der Waals surface area contributed by atoms with Crippen LogP contribution in [0.3, 0.4) is 0 Å². The monoisotopic (exact) mass is 374 g/mol. The van der Waals surface area contributed by atoms with Gasteiger partial charge in [0.15, 0.2) is 0 Å². The van der Waals surface area contributed by atoms with Gasteiger partial charge in [0.2, 0.25) is 0 Å². The van der Waals surface area contributed by atoms with Crippen LogP contribution in [0.1, 0.15) is 29.0 Å². The topological polar surface area (TPSA) is 44.3 Å². The van der Waals surface area contributed by atoms with Gasteiger partial charge in [-0.3, -0.25) is 0 Å². The van der Waals surface area contributed by atoms with Crippen LogP contribution in [-0.4, -0.2) is 30.8 Å². The summed E-state index contributed by atoms with van der Waals surface area (Å²) in [6.07, 6.45) is 0.605. The molecule has 0 amide bonds. The van der Waals surface area contributed by atoms with E-state index in [4.69, 9.17) is 0 Å². The molecule has 3 nitrogen and oxygen atoms in total. The van der Waals surface area contributed by atoms with Gasteiger partial charge < -0.3 is 15.7 Å². The van der Waals surface area contributed by atoms with E-state index in [1.807, 2.05) is 18.2 Å². The quantitative estimate of drug-likeness (QED) is 0.445. The minimum atomic E-state index is -0.393.